The van der Waals surface area contributed by atoms with Gasteiger partial charge in [-0.05, 0) is 0 Å². The summed E-state index contributed by atoms with van der Waals surface area (Å²) in [6, 6.07) is 0. The molecule has 0 bridgehead atoms. The van der Waals surface area contributed by atoms with Crippen LogP contribution in [0.2, 0.25) is 0 Å². The number of halogens is 1. The Morgan fingerprint density at radius 1 is 1.75 bits per heavy atom. The quantitative estimate of drug-likeness (QED) is 0.455. The molecule has 0 aromatic rings. The summed E-state index contributed by atoms with van der Waals surface area (Å²) < 4.78 is 0. The van der Waals surface area contributed by atoms with Crippen molar-refractivity contribution in [1.82, 2.24) is 0 Å². The molecule has 0 atom stereocenters. The Hall–Kier alpha value is 2.43. The Labute approximate surface area is 65.1 Å². The Bertz CT molecular complexity index is 15.5. The fourth-order valence-electron chi connectivity index (χ4n) is 0. The van der Waals surface area contributed by atoms with Crippen molar-refractivity contribution in [3.05, 3.63) is 0 Å². The molecule has 0 unspecified atom stereocenters. The Morgan fingerprint density at radius 2 is 1.75 bits per heavy atom. The van der Waals surface area contributed by atoms with E-state index in [0.717, 1.165) is 0 Å². The minimum Gasteiger partial charge on any atom is 0 e. The molecule has 0 N–H and O–H groups in total. The van der Waals surface area contributed by atoms with Crippen LogP contribution in [0, 0.1) is 0 Å². The van der Waals surface area contributed by atoms with E-state index in [9.17, 15) is 0 Å². The standard InChI is InChI=1S/Au.ClH.HP.Y/h;2*1H;/q+1;;;/p-1. The molecule has 0 nitrogen and oxygen atoms in total. The topological polar surface area (TPSA) is 0 Å². The summed E-state index contributed by atoms with van der Waals surface area (Å²) in [5.74, 6) is 0. The number of hydrogen-bond donors (Lipinski definition) is 0. The first-order valence-electron chi connectivity index (χ1n) is 0.265. The maximum Gasteiger partial charge on any atom is 0 e. The van der Waals surface area contributed by atoms with Crippen LogP contribution in [0.5, 0.6) is 0 Å². The van der Waals surface area contributed by atoms with Gasteiger partial charge in [0.25, 0.3) is 0 Å². The Kier molecular flexibility index (Phi) is 21.9. The van der Waals surface area contributed by atoms with Crippen molar-refractivity contribution in [2.24, 2.45) is 0 Å². The van der Waals surface area contributed by atoms with Gasteiger partial charge in [-0.15, -0.1) is 0 Å². The van der Waals surface area contributed by atoms with E-state index in [1.807, 2.05) is 0 Å². The molecular weight excluding hydrogens is 352 g/mol. The average molecular weight is 353 g/mol. The summed E-state index contributed by atoms with van der Waals surface area (Å²) in [4.78, 5) is 0. The van der Waals surface area contributed by atoms with Crippen LogP contribution >= 0.6 is 15.9 Å². The fraction of sp³-hybridized carbons (Fsp3) is 0. The molecule has 0 saturated heterocycles. The van der Waals surface area contributed by atoms with Gasteiger partial charge in [0.15, 0.2) is 0 Å². The zero-order valence-electron chi connectivity index (χ0n) is 1.76. The predicted octanol–water partition coefficient (Wildman–Crippen LogP) is 1.28. The zero-order valence-corrected chi connectivity index (χ0v) is 8.52. The van der Waals surface area contributed by atoms with Gasteiger partial charge in [0.1, 0.15) is 0 Å². The van der Waals surface area contributed by atoms with Crippen molar-refractivity contribution >= 4 is 15.9 Å². The van der Waals surface area contributed by atoms with Gasteiger partial charge in [-0.1, -0.05) is 0 Å². The van der Waals surface area contributed by atoms with Crippen LogP contribution in [0.3, 0.4) is 0 Å². The third-order valence-corrected chi connectivity index (χ3v) is 0. The molecular formula is HAuClPY. The molecule has 0 aliphatic rings. The van der Waals surface area contributed by atoms with Crippen LogP contribution in [0.25, 0.3) is 0 Å². The van der Waals surface area contributed by atoms with Gasteiger partial charge in [0.05, 0.1) is 0 Å². The second kappa shape index (κ2) is 9.06. The molecule has 0 saturated carbocycles. The van der Waals surface area contributed by atoms with E-state index < -0.39 is 0 Å². The third kappa shape index (κ3) is 8.83. The van der Waals surface area contributed by atoms with E-state index in [1.54, 1.807) is 0 Å². The molecule has 0 aromatic carbocycles. The molecule has 0 fully saturated rings. The molecule has 4 heavy (non-hydrogen) atoms. The fourth-order valence-corrected chi connectivity index (χ4v) is 0. The molecule has 0 amide bonds. The SMILES string of the molecule is [PH]=[Au][Cl].[Y]. The van der Waals surface area contributed by atoms with Gasteiger partial charge < -0.3 is 0 Å². The normalized spacial score (nSPS) is 5.25. The van der Waals surface area contributed by atoms with Gasteiger partial charge in [0, 0.05) is 32.7 Å². The minimum absolute atomic E-state index is 0. The smallest absolute Gasteiger partial charge is 0 e. The molecule has 0 spiro atoms. The summed E-state index contributed by atoms with van der Waals surface area (Å²) in [5, 5.41) is 0. The van der Waals surface area contributed by atoms with E-state index >= 15 is 0 Å². The molecule has 0 aliphatic carbocycles. The van der Waals surface area contributed by atoms with Crippen molar-refractivity contribution in [3.63, 3.8) is 0 Å². The molecule has 0 aliphatic heterocycles. The number of rotatable bonds is 0. The van der Waals surface area contributed by atoms with Gasteiger partial charge in [0.2, 0.25) is 0 Å². The van der Waals surface area contributed by atoms with Gasteiger partial charge >= 0.3 is 33.5 Å². The first kappa shape index (κ1) is 9.66. The maximum atomic E-state index is 5.01. The second-order valence-corrected chi connectivity index (χ2v) is 4.20. The van der Waals surface area contributed by atoms with Gasteiger partial charge in [-0.2, -0.15) is 0 Å². The summed E-state index contributed by atoms with van der Waals surface area (Å²) in [6.45, 7) is 3.05. The second-order valence-electron chi connectivity index (χ2n) is 0.0570. The van der Waals surface area contributed by atoms with E-state index in [4.69, 9.17) is 9.19 Å². The van der Waals surface area contributed by atoms with Crippen molar-refractivity contribution in [3.8, 4) is 0 Å². The molecule has 1 radical (unpaired) electrons. The summed E-state index contributed by atoms with van der Waals surface area (Å²) in [7, 11) is 5.01. The number of hydrogen-bond acceptors (Lipinski definition) is 0. The first-order valence-corrected chi connectivity index (χ1v) is 6.50. The largest absolute Gasteiger partial charge is 0 e. The van der Waals surface area contributed by atoms with Crippen LogP contribution in [-0.4, -0.2) is 0 Å². The molecule has 27 valence electrons. The molecule has 0 rings (SSSR count). The van der Waals surface area contributed by atoms with Crippen LogP contribution in [0.15, 0.2) is 0 Å². The third-order valence-electron chi connectivity index (χ3n) is 0. The van der Waals surface area contributed by atoms with Crippen LogP contribution in [-0.2, 0) is 50.3 Å². The summed E-state index contributed by atoms with van der Waals surface area (Å²) in [5.41, 5.74) is 0. The van der Waals surface area contributed by atoms with Crippen LogP contribution < -0.4 is 0 Å². The van der Waals surface area contributed by atoms with Gasteiger partial charge in [-0.3, -0.25) is 0 Å². The van der Waals surface area contributed by atoms with E-state index in [1.165, 1.54) is 0 Å². The van der Waals surface area contributed by atoms with E-state index in [-0.39, 0.29) is 50.3 Å². The average Bonchev–Trinajstić information content (AvgIpc) is 0.918. The Balaban J connectivity index is 0. The van der Waals surface area contributed by atoms with Crippen molar-refractivity contribution < 1.29 is 50.3 Å². The molecule has 0 aromatic heterocycles. The monoisotopic (exact) mass is 353 g/mol. The van der Waals surface area contributed by atoms with Crippen LogP contribution in [0.1, 0.15) is 0 Å². The van der Waals surface area contributed by atoms with Crippen molar-refractivity contribution in [2.75, 3.05) is 0 Å². The van der Waals surface area contributed by atoms with Crippen LogP contribution in [0.4, 0.5) is 0 Å². The summed E-state index contributed by atoms with van der Waals surface area (Å²) in [6.07, 6.45) is 0. The van der Waals surface area contributed by atoms with Gasteiger partial charge in [-0.25, -0.2) is 0 Å². The van der Waals surface area contributed by atoms with E-state index in [0.29, 0.717) is 0 Å². The first-order chi connectivity index (χ1) is 1.41. The molecule has 0 heterocycles. The van der Waals surface area contributed by atoms with E-state index in [2.05, 4.69) is 6.67 Å². The van der Waals surface area contributed by atoms with Crippen molar-refractivity contribution in [2.45, 2.75) is 0 Å². The maximum absolute atomic E-state index is 5.01. The van der Waals surface area contributed by atoms with Crippen molar-refractivity contribution in [1.29, 1.82) is 0 Å². The minimum atomic E-state index is -0.0556. The zero-order chi connectivity index (χ0) is 2.71. The molecule has 4 heteroatoms. The summed E-state index contributed by atoms with van der Waals surface area (Å²) >= 11 is -0.0556. The Morgan fingerprint density at radius 3 is 1.75 bits per heavy atom. The predicted molar refractivity (Wildman–Crippen MR) is 14.2 cm³/mol.